The molecule has 368 valence electrons. The number of carbonyl (C=O) groups is 2. The van der Waals surface area contributed by atoms with Crippen LogP contribution in [0.4, 0.5) is 0 Å². The van der Waals surface area contributed by atoms with Crippen LogP contribution in [-0.4, -0.2) is 46.9 Å². The van der Waals surface area contributed by atoms with Crippen molar-refractivity contribution in [2.24, 2.45) is 0 Å². The maximum atomic E-state index is 13.2. The molecule has 0 bridgehead atoms. The van der Waals surface area contributed by atoms with Gasteiger partial charge >= 0.3 is 5.97 Å². The molecule has 0 fully saturated rings. The van der Waals surface area contributed by atoms with Crippen LogP contribution >= 0.6 is 0 Å². The fourth-order valence-electron chi connectivity index (χ4n) is 8.84. The van der Waals surface area contributed by atoms with Gasteiger partial charge in [-0.25, -0.2) is 0 Å². The summed E-state index contributed by atoms with van der Waals surface area (Å²) in [6.07, 6.45) is 57.0. The molecule has 1 amide bonds. The molecule has 3 atom stereocenters. The zero-order valence-corrected chi connectivity index (χ0v) is 42.0. The topological polar surface area (TPSA) is 95.9 Å². The van der Waals surface area contributed by atoms with Gasteiger partial charge in [0.2, 0.25) is 5.91 Å². The van der Waals surface area contributed by atoms with Crippen molar-refractivity contribution in [3.8, 4) is 0 Å². The zero-order chi connectivity index (χ0) is 45.2. The van der Waals surface area contributed by atoms with E-state index >= 15 is 0 Å². The molecule has 0 aromatic heterocycles. The molecule has 3 N–H and O–H groups in total. The lowest BCUT2D eigenvalue weighted by Gasteiger charge is -2.24. The fraction of sp³-hybridized carbons (Fsp3) is 0.929. The lowest BCUT2D eigenvalue weighted by molar-refractivity contribution is -0.151. The van der Waals surface area contributed by atoms with Gasteiger partial charge in [0.25, 0.3) is 0 Å². The van der Waals surface area contributed by atoms with Gasteiger partial charge in [0, 0.05) is 6.42 Å². The molecule has 62 heavy (non-hydrogen) atoms. The third kappa shape index (κ3) is 45.2. The zero-order valence-electron chi connectivity index (χ0n) is 42.0. The summed E-state index contributed by atoms with van der Waals surface area (Å²) >= 11 is 0. The second-order valence-corrected chi connectivity index (χ2v) is 19.3. The van der Waals surface area contributed by atoms with Gasteiger partial charge in [-0.15, -0.1) is 0 Å². The number of esters is 1. The van der Waals surface area contributed by atoms with Crippen molar-refractivity contribution in [2.75, 3.05) is 6.61 Å². The van der Waals surface area contributed by atoms with Gasteiger partial charge in [0.15, 0.2) is 0 Å². The highest BCUT2D eigenvalue weighted by atomic mass is 16.5. The molecule has 0 aliphatic heterocycles. The summed E-state index contributed by atoms with van der Waals surface area (Å²) in [5.41, 5.74) is 0. The van der Waals surface area contributed by atoms with Crippen LogP contribution in [0.1, 0.15) is 310 Å². The van der Waals surface area contributed by atoms with E-state index in [2.05, 4.69) is 38.2 Å². The molecule has 0 aromatic carbocycles. The Morgan fingerprint density at radius 2 is 0.774 bits per heavy atom. The number of nitrogens with one attached hydrogen (secondary N) is 1. The SMILES string of the molecule is CCCCCCCC/C=C/CCCCCCCCCC(CC(=O)NC(CO)C(O)CCCCCCCCCCCCCCCCC)OC(=O)CCCCCCCCCCCCC. The minimum Gasteiger partial charge on any atom is -0.462 e. The molecule has 0 radical (unpaired) electrons. The van der Waals surface area contributed by atoms with Crippen LogP contribution in [0.5, 0.6) is 0 Å². The van der Waals surface area contributed by atoms with Crippen LogP contribution in [0.2, 0.25) is 0 Å². The van der Waals surface area contributed by atoms with Crippen LogP contribution in [-0.2, 0) is 14.3 Å². The normalized spacial score (nSPS) is 13.2. The van der Waals surface area contributed by atoms with Gasteiger partial charge in [-0.2, -0.15) is 0 Å². The standard InChI is InChI=1S/C56H109NO5/c1-4-7-10-13-16-19-22-24-26-27-29-30-33-35-38-41-44-47-52(62-56(61)49-46-43-40-37-32-21-18-15-12-9-6-3)50-55(60)57-53(51-58)54(59)48-45-42-39-36-34-31-28-25-23-20-17-14-11-8-5-2/h24,26,52-54,58-59H,4-23,25,27-51H2,1-3H3,(H,57,60)/b26-24+. The van der Waals surface area contributed by atoms with E-state index in [1.165, 1.54) is 212 Å². The van der Waals surface area contributed by atoms with E-state index < -0.39 is 18.2 Å². The summed E-state index contributed by atoms with van der Waals surface area (Å²) in [5, 5.41) is 23.8. The second kappa shape index (κ2) is 50.6. The van der Waals surface area contributed by atoms with E-state index in [-0.39, 0.29) is 24.9 Å². The van der Waals surface area contributed by atoms with Crippen molar-refractivity contribution in [3.05, 3.63) is 12.2 Å². The molecule has 0 rings (SSSR count). The number of hydrogen-bond donors (Lipinski definition) is 3. The third-order valence-corrected chi connectivity index (χ3v) is 13.1. The maximum Gasteiger partial charge on any atom is 0.306 e. The van der Waals surface area contributed by atoms with Gasteiger partial charge in [-0.05, 0) is 51.4 Å². The van der Waals surface area contributed by atoms with Crippen LogP contribution in [0.25, 0.3) is 0 Å². The molecular weight excluding hydrogens is 767 g/mol. The van der Waals surface area contributed by atoms with E-state index in [0.29, 0.717) is 19.3 Å². The van der Waals surface area contributed by atoms with Crippen molar-refractivity contribution < 1.29 is 24.5 Å². The number of allylic oxidation sites excluding steroid dienone is 2. The molecule has 0 aromatic rings. The van der Waals surface area contributed by atoms with E-state index in [1.54, 1.807) is 0 Å². The average Bonchev–Trinajstić information content (AvgIpc) is 3.26. The third-order valence-electron chi connectivity index (χ3n) is 13.1. The van der Waals surface area contributed by atoms with Gasteiger partial charge < -0.3 is 20.3 Å². The monoisotopic (exact) mass is 876 g/mol. The number of aliphatic hydroxyl groups is 2. The van der Waals surface area contributed by atoms with E-state index in [4.69, 9.17) is 4.74 Å². The Kier molecular flexibility index (Phi) is 49.5. The molecule has 0 aliphatic carbocycles. The molecule has 3 unspecified atom stereocenters. The summed E-state index contributed by atoms with van der Waals surface area (Å²) in [6, 6.07) is -0.697. The van der Waals surface area contributed by atoms with Crippen LogP contribution in [0.3, 0.4) is 0 Å². The van der Waals surface area contributed by atoms with Crippen molar-refractivity contribution in [1.29, 1.82) is 0 Å². The smallest absolute Gasteiger partial charge is 0.306 e. The van der Waals surface area contributed by atoms with Crippen molar-refractivity contribution in [1.82, 2.24) is 5.32 Å². The molecular formula is C56H109NO5. The van der Waals surface area contributed by atoms with Crippen molar-refractivity contribution in [2.45, 2.75) is 328 Å². The Morgan fingerprint density at radius 3 is 1.15 bits per heavy atom. The fourth-order valence-corrected chi connectivity index (χ4v) is 8.84. The van der Waals surface area contributed by atoms with E-state index in [9.17, 15) is 19.8 Å². The number of amides is 1. The Balaban J connectivity index is 4.50. The summed E-state index contributed by atoms with van der Waals surface area (Å²) in [7, 11) is 0. The lowest BCUT2D eigenvalue weighted by atomic mass is 10.0. The summed E-state index contributed by atoms with van der Waals surface area (Å²) in [6.45, 7) is 6.51. The number of hydrogen-bond acceptors (Lipinski definition) is 5. The highest BCUT2D eigenvalue weighted by molar-refractivity contribution is 5.77. The minimum atomic E-state index is -0.783. The first-order valence-corrected chi connectivity index (χ1v) is 27.9. The van der Waals surface area contributed by atoms with Gasteiger partial charge in [0.1, 0.15) is 6.10 Å². The summed E-state index contributed by atoms with van der Waals surface area (Å²) in [5.74, 6) is -0.459. The summed E-state index contributed by atoms with van der Waals surface area (Å²) in [4.78, 5) is 26.2. The number of unbranched alkanes of at least 4 members (excludes halogenated alkanes) is 37. The van der Waals surface area contributed by atoms with Crippen molar-refractivity contribution in [3.63, 3.8) is 0 Å². The number of rotatable bonds is 51. The Hall–Kier alpha value is -1.40. The highest BCUT2D eigenvalue weighted by Crippen LogP contribution is 2.19. The second-order valence-electron chi connectivity index (χ2n) is 19.3. The first kappa shape index (κ1) is 60.6. The minimum absolute atomic E-state index is 0.0819. The van der Waals surface area contributed by atoms with Crippen LogP contribution in [0.15, 0.2) is 12.2 Å². The Labute approximate surface area is 387 Å². The largest absolute Gasteiger partial charge is 0.462 e. The van der Waals surface area contributed by atoms with Gasteiger partial charge in [0.05, 0.1) is 25.2 Å². The van der Waals surface area contributed by atoms with Gasteiger partial charge in [-0.1, -0.05) is 258 Å². The predicted molar refractivity (Wildman–Crippen MR) is 269 cm³/mol. The Morgan fingerprint density at radius 1 is 0.452 bits per heavy atom. The van der Waals surface area contributed by atoms with Crippen molar-refractivity contribution >= 4 is 11.9 Å². The quantitative estimate of drug-likeness (QED) is 0.0321. The molecule has 0 spiro atoms. The molecule has 0 aliphatic rings. The predicted octanol–water partition coefficient (Wildman–Crippen LogP) is 16.9. The van der Waals surface area contributed by atoms with Crippen LogP contribution in [0, 0.1) is 0 Å². The Bertz CT molecular complexity index is 939. The van der Waals surface area contributed by atoms with Crippen LogP contribution < -0.4 is 5.32 Å². The molecule has 6 nitrogen and oxygen atoms in total. The number of aliphatic hydroxyl groups excluding tert-OH is 2. The first-order valence-electron chi connectivity index (χ1n) is 27.9. The van der Waals surface area contributed by atoms with Gasteiger partial charge in [-0.3, -0.25) is 9.59 Å². The first-order chi connectivity index (χ1) is 30.5. The molecule has 0 saturated carbocycles. The maximum absolute atomic E-state index is 13.2. The summed E-state index contributed by atoms with van der Waals surface area (Å²) < 4.78 is 5.95. The molecule has 0 saturated heterocycles. The number of ether oxygens (including phenoxy) is 1. The van der Waals surface area contributed by atoms with E-state index in [0.717, 1.165) is 51.4 Å². The molecule has 6 heteroatoms. The molecule has 0 heterocycles. The lowest BCUT2D eigenvalue weighted by Crippen LogP contribution is -2.46. The number of carbonyl (C=O) groups excluding carboxylic acids is 2. The average molecular weight is 876 g/mol. The van der Waals surface area contributed by atoms with E-state index in [1.807, 2.05) is 0 Å². The highest BCUT2D eigenvalue weighted by Gasteiger charge is 2.24.